The Kier molecular flexibility index (Phi) is 5.56. The van der Waals surface area contributed by atoms with Gasteiger partial charge in [0.1, 0.15) is 13.0 Å². The largest absolute Gasteiger partial charge is 0.340 e. The van der Waals surface area contributed by atoms with Crippen LogP contribution in [0.5, 0.6) is 0 Å². The van der Waals surface area contributed by atoms with Gasteiger partial charge in [-0.2, -0.15) is 5.26 Å². The summed E-state index contributed by atoms with van der Waals surface area (Å²) in [5.41, 5.74) is 0.575. The van der Waals surface area contributed by atoms with Crippen LogP contribution in [0, 0.1) is 11.3 Å². The smallest absolute Gasteiger partial charge is 0.262 e. The van der Waals surface area contributed by atoms with Gasteiger partial charge in [0, 0.05) is 30.7 Å². The van der Waals surface area contributed by atoms with Gasteiger partial charge in [0.2, 0.25) is 11.8 Å². The van der Waals surface area contributed by atoms with Gasteiger partial charge in [-0.05, 0) is 24.6 Å². The fourth-order valence-electron chi connectivity index (χ4n) is 3.24. The zero-order chi connectivity index (χ0) is 19.6. The molecule has 1 aromatic carbocycles. The number of nitriles is 1. The highest BCUT2D eigenvalue weighted by atomic mass is 79.9. The number of hydrogen-bond acceptors (Lipinski definition) is 5. The molecule has 140 valence electrons. The minimum atomic E-state index is -0.481. The van der Waals surface area contributed by atoms with E-state index in [9.17, 15) is 19.2 Å². The van der Waals surface area contributed by atoms with E-state index in [4.69, 9.17) is 5.26 Å². The molecule has 0 aromatic heterocycles. The number of hydrogen-bond donors (Lipinski definition) is 0. The molecule has 1 saturated heterocycles. The predicted molar refractivity (Wildman–Crippen MR) is 97.5 cm³/mol. The highest BCUT2D eigenvalue weighted by Crippen LogP contribution is 2.26. The summed E-state index contributed by atoms with van der Waals surface area (Å²) in [6.07, 6.45) is 0.399. The van der Waals surface area contributed by atoms with Crippen molar-refractivity contribution in [3.63, 3.8) is 0 Å². The maximum atomic E-state index is 12.6. The van der Waals surface area contributed by atoms with E-state index >= 15 is 0 Å². The summed E-state index contributed by atoms with van der Waals surface area (Å²) in [5.74, 6) is -1.54. The Labute approximate surface area is 164 Å². The molecule has 1 aromatic rings. The topological polar surface area (TPSA) is 102 Å². The van der Waals surface area contributed by atoms with E-state index in [1.807, 2.05) is 6.07 Å². The molecule has 0 saturated carbocycles. The van der Waals surface area contributed by atoms with Crippen LogP contribution in [0.3, 0.4) is 0 Å². The molecule has 2 aliphatic rings. The van der Waals surface area contributed by atoms with Crippen LogP contribution in [0.25, 0.3) is 0 Å². The van der Waals surface area contributed by atoms with Crippen LogP contribution in [0.1, 0.15) is 33.6 Å². The summed E-state index contributed by atoms with van der Waals surface area (Å²) in [7, 11) is 0. The molecule has 0 bridgehead atoms. The van der Waals surface area contributed by atoms with Crippen LogP contribution in [0.2, 0.25) is 0 Å². The summed E-state index contributed by atoms with van der Waals surface area (Å²) in [4.78, 5) is 53.5. The zero-order valence-electron chi connectivity index (χ0n) is 14.5. The lowest BCUT2D eigenvalue weighted by Crippen LogP contribution is -2.44. The van der Waals surface area contributed by atoms with Crippen molar-refractivity contribution < 1.29 is 19.2 Å². The van der Waals surface area contributed by atoms with E-state index in [0.717, 1.165) is 4.90 Å². The SMILES string of the molecule is N#CCC(=O)N1CCCN(C(=O)CN2C(=O)c3ccc(Br)cc3C2=O)CC1. The van der Waals surface area contributed by atoms with Crippen molar-refractivity contribution in [2.24, 2.45) is 0 Å². The van der Waals surface area contributed by atoms with E-state index in [1.54, 1.807) is 28.0 Å². The molecule has 9 heteroatoms. The summed E-state index contributed by atoms with van der Waals surface area (Å²) < 4.78 is 0.685. The van der Waals surface area contributed by atoms with Crippen LogP contribution in [0.4, 0.5) is 0 Å². The van der Waals surface area contributed by atoms with Crippen LogP contribution >= 0.6 is 15.9 Å². The van der Waals surface area contributed by atoms with Crippen LogP contribution in [0.15, 0.2) is 22.7 Å². The number of benzene rings is 1. The molecule has 0 unspecified atom stereocenters. The predicted octanol–water partition coefficient (Wildman–Crippen LogP) is 1.02. The number of rotatable bonds is 3. The summed E-state index contributed by atoms with van der Waals surface area (Å²) in [5, 5.41) is 8.64. The zero-order valence-corrected chi connectivity index (χ0v) is 16.1. The Balaban J connectivity index is 1.64. The van der Waals surface area contributed by atoms with Crippen molar-refractivity contribution in [3.05, 3.63) is 33.8 Å². The molecule has 0 radical (unpaired) electrons. The van der Waals surface area contributed by atoms with E-state index in [-0.39, 0.29) is 30.3 Å². The van der Waals surface area contributed by atoms with Gasteiger partial charge < -0.3 is 9.80 Å². The third-order valence-electron chi connectivity index (χ3n) is 4.66. The second kappa shape index (κ2) is 7.88. The first-order valence-electron chi connectivity index (χ1n) is 8.50. The first-order chi connectivity index (χ1) is 12.9. The standard InChI is InChI=1S/C18H17BrN4O4/c19-12-2-3-13-14(10-12)18(27)23(17(13)26)11-16(25)22-7-1-6-21(8-9-22)15(24)4-5-20/h2-3,10H,1,4,6-9,11H2. The Hall–Kier alpha value is -2.73. The quantitative estimate of drug-likeness (QED) is 0.663. The maximum Gasteiger partial charge on any atom is 0.262 e. The van der Waals surface area contributed by atoms with E-state index in [1.165, 1.54) is 0 Å². The molecule has 0 N–H and O–H groups in total. The summed E-state index contributed by atoms with van der Waals surface area (Å²) >= 11 is 3.27. The molecule has 0 atom stereocenters. The lowest BCUT2D eigenvalue weighted by molar-refractivity contribution is -0.133. The van der Waals surface area contributed by atoms with Crippen molar-refractivity contribution in [3.8, 4) is 6.07 Å². The van der Waals surface area contributed by atoms with Crippen LogP contribution in [-0.4, -0.2) is 71.1 Å². The first kappa shape index (κ1) is 19.0. The maximum absolute atomic E-state index is 12.6. The fraction of sp³-hybridized carbons (Fsp3) is 0.389. The number of nitrogens with zero attached hydrogens (tertiary/aromatic N) is 4. The number of carbonyl (C=O) groups is 4. The molecule has 8 nitrogen and oxygen atoms in total. The van der Waals surface area contributed by atoms with Crippen LogP contribution in [-0.2, 0) is 9.59 Å². The molecule has 27 heavy (non-hydrogen) atoms. The van der Waals surface area contributed by atoms with Gasteiger partial charge in [-0.3, -0.25) is 24.1 Å². The number of amides is 4. The molecule has 0 spiro atoms. The molecular formula is C18H17BrN4O4. The Bertz CT molecular complexity index is 863. The van der Waals surface area contributed by atoms with Crippen molar-refractivity contribution in [1.82, 2.24) is 14.7 Å². The van der Waals surface area contributed by atoms with Gasteiger partial charge in [0.25, 0.3) is 11.8 Å². The lowest BCUT2D eigenvalue weighted by Gasteiger charge is -2.23. The minimum Gasteiger partial charge on any atom is -0.340 e. The van der Waals surface area contributed by atoms with Gasteiger partial charge in [0.15, 0.2) is 0 Å². The number of halogens is 1. The summed E-state index contributed by atoms with van der Waals surface area (Å²) in [6, 6.07) is 6.65. The molecule has 4 amide bonds. The molecule has 2 aliphatic heterocycles. The molecule has 1 fully saturated rings. The summed E-state index contributed by atoms with van der Waals surface area (Å²) in [6.45, 7) is 1.23. The molecule has 2 heterocycles. The second-order valence-electron chi connectivity index (χ2n) is 6.34. The van der Waals surface area contributed by atoms with Crippen molar-refractivity contribution in [2.45, 2.75) is 12.8 Å². The third kappa shape index (κ3) is 3.85. The second-order valence-corrected chi connectivity index (χ2v) is 7.25. The lowest BCUT2D eigenvalue weighted by atomic mass is 10.1. The third-order valence-corrected chi connectivity index (χ3v) is 5.15. The monoisotopic (exact) mass is 432 g/mol. The Morgan fingerprint density at radius 3 is 2.30 bits per heavy atom. The van der Waals surface area contributed by atoms with E-state index in [2.05, 4.69) is 15.9 Å². The van der Waals surface area contributed by atoms with Crippen molar-refractivity contribution >= 4 is 39.6 Å². The van der Waals surface area contributed by atoms with E-state index in [0.29, 0.717) is 42.6 Å². The average Bonchev–Trinajstić information content (AvgIpc) is 2.84. The van der Waals surface area contributed by atoms with Gasteiger partial charge in [-0.1, -0.05) is 15.9 Å². The van der Waals surface area contributed by atoms with Crippen molar-refractivity contribution in [2.75, 3.05) is 32.7 Å². The number of fused-ring (bicyclic) bond motifs is 1. The number of imide groups is 1. The van der Waals surface area contributed by atoms with E-state index < -0.39 is 11.8 Å². The van der Waals surface area contributed by atoms with Gasteiger partial charge in [-0.15, -0.1) is 0 Å². The van der Waals surface area contributed by atoms with Crippen LogP contribution < -0.4 is 0 Å². The normalized spacial score (nSPS) is 16.8. The Morgan fingerprint density at radius 2 is 1.63 bits per heavy atom. The van der Waals surface area contributed by atoms with Crippen molar-refractivity contribution in [1.29, 1.82) is 5.26 Å². The first-order valence-corrected chi connectivity index (χ1v) is 9.30. The highest BCUT2D eigenvalue weighted by Gasteiger charge is 2.37. The highest BCUT2D eigenvalue weighted by molar-refractivity contribution is 9.10. The minimum absolute atomic E-state index is 0.182. The molecule has 0 aliphatic carbocycles. The van der Waals surface area contributed by atoms with Gasteiger partial charge >= 0.3 is 0 Å². The molecule has 3 rings (SSSR count). The van der Waals surface area contributed by atoms with Gasteiger partial charge in [-0.25, -0.2) is 0 Å². The van der Waals surface area contributed by atoms with Gasteiger partial charge in [0.05, 0.1) is 17.2 Å². The fourth-order valence-corrected chi connectivity index (χ4v) is 3.60. The number of carbonyl (C=O) groups excluding carboxylic acids is 4. The Morgan fingerprint density at radius 1 is 1.00 bits per heavy atom. The average molecular weight is 433 g/mol. The molecular weight excluding hydrogens is 416 g/mol.